The molecule has 2 amide bonds. The number of hydrogen-bond acceptors (Lipinski definition) is 6. The summed E-state index contributed by atoms with van der Waals surface area (Å²) >= 11 is 0. The van der Waals surface area contributed by atoms with E-state index in [-0.39, 0.29) is 44.5 Å². The second kappa shape index (κ2) is 7.79. The molecule has 0 bridgehead atoms. The summed E-state index contributed by atoms with van der Waals surface area (Å²) in [6, 6.07) is 12.4. The van der Waals surface area contributed by atoms with E-state index in [2.05, 4.69) is 0 Å². The molecule has 1 N–H and O–H groups in total. The number of benzene rings is 3. The van der Waals surface area contributed by atoms with Gasteiger partial charge in [-0.05, 0) is 55.3 Å². The Morgan fingerprint density at radius 1 is 1.00 bits per heavy atom. The fourth-order valence-electron chi connectivity index (χ4n) is 4.42. The lowest BCUT2D eigenvalue weighted by Gasteiger charge is -2.29. The number of rotatable bonds is 5. The van der Waals surface area contributed by atoms with Gasteiger partial charge in [0.15, 0.2) is 0 Å². The molecule has 3 aromatic rings. The molecule has 5 rings (SSSR count). The summed E-state index contributed by atoms with van der Waals surface area (Å²) in [7, 11) is -4.04. The molecule has 2 aliphatic heterocycles. The first-order chi connectivity index (χ1) is 15.8. The molecule has 0 unspecified atom stereocenters. The van der Waals surface area contributed by atoms with Gasteiger partial charge < -0.3 is 9.84 Å². The molecule has 33 heavy (non-hydrogen) atoms. The van der Waals surface area contributed by atoms with Crippen LogP contribution in [0.25, 0.3) is 10.8 Å². The van der Waals surface area contributed by atoms with Gasteiger partial charge in [-0.25, -0.2) is 13.2 Å². The Bertz CT molecular complexity index is 1400. The van der Waals surface area contributed by atoms with Crippen LogP contribution < -0.4 is 0 Å². The van der Waals surface area contributed by atoms with Crippen molar-refractivity contribution < 1.29 is 32.6 Å². The zero-order valence-corrected chi connectivity index (χ0v) is 18.2. The number of amides is 2. The second-order valence-corrected chi connectivity index (χ2v) is 9.95. The highest BCUT2D eigenvalue weighted by atomic mass is 32.2. The van der Waals surface area contributed by atoms with Gasteiger partial charge in [0.05, 0.1) is 28.0 Å². The lowest BCUT2D eigenvalue weighted by atomic mass is 9.94. The normalized spacial score (nSPS) is 18.2. The number of imide groups is 1. The Balaban J connectivity index is 1.62. The van der Waals surface area contributed by atoms with Gasteiger partial charge in [0, 0.05) is 28.5 Å². The molecular weight excluding hydrogens is 446 g/mol. The van der Waals surface area contributed by atoms with Crippen LogP contribution in [0, 0.1) is 0 Å². The minimum atomic E-state index is -4.04. The Morgan fingerprint density at radius 3 is 2.33 bits per heavy atom. The van der Waals surface area contributed by atoms with Crippen molar-refractivity contribution in [2.24, 2.45) is 0 Å². The van der Waals surface area contributed by atoms with Crippen LogP contribution in [0.3, 0.4) is 0 Å². The molecule has 2 aliphatic rings. The first-order valence-electron chi connectivity index (χ1n) is 10.4. The maximum Gasteiger partial charge on any atom is 0.335 e. The van der Waals surface area contributed by atoms with Crippen LogP contribution in [0.15, 0.2) is 64.4 Å². The molecule has 8 nitrogen and oxygen atoms in total. The lowest BCUT2D eigenvalue weighted by Crippen LogP contribution is -2.44. The molecule has 0 aromatic heterocycles. The van der Waals surface area contributed by atoms with Crippen molar-refractivity contribution in [1.29, 1.82) is 0 Å². The summed E-state index contributed by atoms with van der Waals surface area (Å²) in [6.45, 7) is 0.755. The van der Waals surface area contributed by atoms with Gasteiger partial charge >= 0.3 is 5.97 Å². The molecule has 0 radical (unpaired) electrons. The van der Waals surface area contributed by atoms with E-state index >= 15 is 0 Å². The average Bonchev–Trinajstić information content (AvgIpc) is 3.33. The molecule has 0 aliphatic carbocycles. The first kappa shape index (κ1) is 21.3. The van der Waals surface area contributed by atoms with Crippen LogP contribution in [0.1, 0.15) is 43.9 Å². The maximum atomic E-state index is 13.4. The summed E-state index contributed by atoms with van der Waals surface area (Å²) in [5, 5.41) is 9.64. The summed E-state index contributed by atoms with van der Waals surface area (Å²) in [5.41, 5.74) is 0.491. The lowest BCUT2D eigenvalue weighted by molar-refractivity contribution is 0.0437. The highest BCUT2D eigenvalue weighted by Crippen LogP contribution is 2.36. The van der Waals surface area contributed by atoms with Crippen molar-refractivity contribution in [3.05, 3.63) is 71.3 Å². The highest BCUT2D eigenvalue weighted by molar-refractivity contribution is 7.91. The van der Waals surface area contributed by atoms with Crippen LogP contribution >= 0.6 is 0 Å². The summed E-state index contributed by atoms with van der Waals surface area (Å²) in [6.07, 6.45) is 1.44. The smallest absolute Gasteiger partial charge is 0.335 e. The zero-order chi connectivity index (χ0) is 23.3. The third-order valence-electron chi connectivity index (χ3n) is 6.06. The Hall–Kier alpha value is -3.56. The van der Waals surface area contributed by atoms with Gasteiger partial charge in [0.25, 0.3) is 11.8 Å². The van der Waals surface area contributed by atoms with Crippen molar-refractivity contribution in [2.75, 3.05) is 13.2 Å². The molecule has 168 valence electrons. The van der Waals surface area contributed by atoms with Gasteiger partial charge in [-0.3, -0.25) is 14.5 Å². The fraction of sp³-hybridized carbons (Fsp3) is 0.208. The third-order valence-corrected chi connectivity index (χ3v) is 7.89. The first-order valence-corrected chi connectivity index (χ1v) is 11.9. The Labute approximate surface area is 189 Å². The quantitative estimate of drug-likeness (QED) is 0.575. The minimum Gasteiger partial charge on any atom is -0.478 e. The van der Waals surface area contributed by atoms with Crippen LogP contribution in [-0.4, -0.2) is 55.5 Å². The standard InChI is InChI=1S/C24H19NO7S/c26-22-18-5-1-4-17-20(33(30,31)16-8-6-14(7-9-16)24(28)29)11-10-19(21(17)18)23(27)25(22)13-15-3-2-12-32-15/h1,4-11,15H,2-3,12-13H2,(H,28,29)/t15-/m0/s1. The van der Waals surface area contributed by atoms with Gasteiger partial charge in [0.2, 0.25) is 9.84 Å². The Morgan fingerprint density at radius 2 is 1.70 bits per heavy atom. The Kier molecular flexibility index (Phi) is 5.02. The van der Waals surface area contributed by atoms with E-state index < -0.39 is 27.6 Å². The predicted octanol–water partition coefficient (Wildman–Crippen LogP) is 3.15. The average molecular weight is 465 g/mol. The van der Waals surface area contributed by atoms with E-state index in [4.69, 9.17) is 9.84 Å². The zero-order valence-electron chi connectivity index (χ0n) is 17.4. The van der Waals surface area contributed by atoms with Crippen molar-refractivity contribution >= 4 is 38.4 Å². The van der Waals surface area contributed by atoms with Crippen molar-refractivity contribution in [1.82, 2.24) is 4.90 Å². The van der Waals surface area contributed by atoms with Gasteiger partial charge in [0.1, 0.15) is 0 Å². The number of carboxylic acids is 1. The van der Waals surface area contributed by atoms with E-state index in [1.54, 1.807) is 18.2 Å². The molecular formula is C24H19NO7S. The fourth-order valence-corrected chi connectivity index (χ4v) is 5.87. The molecule has 9 heteroatoms. The topological polar surface area (TPSA) is 118 Å². The summed E-state index contributed by atoms with van der Waals surface area (Å²) in [4.78, 5) is 38.5. The second-order valence-electron chi connectivity index (χ2n) is 8.03. The van der Waals surface area contributed by atoms with Crippen LogP contribution in [0.4, 0.5) is 0 Å². The van der Waals surface area contributed by atoms with E-state index in [0.717, 1.165) is 12.8 Å². The maximum absolute atomic E-state index is 13.4. The van der Waals surface area contributed by atoms with Crippen LogP contribution in [0.5, 0.6) is 0 Å². The number of carbonyl (C=O) groups excluding carboxylic acids is 2. The van der Waals surface area contributed by atoms with Crippen molar-refractivity contribution in [3.63, 3.8) is 0 Å². The van der Waals surface area contributed by atoms with E-state index in [9.17, 15) is 22.8 Å². The summed E-state index contributed by atoms with van der Waals surface area (Å²) < 4.78 is 32.3. The number of aromatic carboxylic acids is 1. The van der Waals surface area contributed by atoms with Gasteiger partial charge in [-0.2, -0.15) is 0 Å². The SMILES string of the molecule is O=C(O)c1ccc(S(=O)(=O)c2ccc3c4c(cccc24)C(=O)N(C[C@@H]2CCCO2)C3=O)cc1. The molecule has 3 aromatic carbocycles. The van der Waals surface area contributed by atoms with Crippen LogP contribution in [-0.2, 0) is 14.6 Å². The monoisotopic (exact) mass is 465 g/mol. The molecule has 1 atom stereocenters. The minimum absolute atomic E-state index is 0.0339. The highest BCUT2D eigenvalue weighted by Gasteiger charge is 2.36. The molecule has 0 spiro atoms. The number of nitrogens with zero attached hydrogens (tertiary/aromatic N) is 1. The third kappa shape index (κ3) is 3.40. The number of ether oxygens (including phenoxy) is 1. The van der Waals surface area contributed by atoms with E-state index in [1.807, 2.05) is 0 Å². The molecule has 1 saturated heterocycles. The summed E-state index contributed by atoms with van der Waals surface area (Å²) in [5.74, 6) is -2.12. The van der Waals surface area contributed by atoms with Crippen molar-refractivity contribution in [2.45, 2.75) is 28.7 Å². The van der Waals surface area contributed by atoms with E-state index in [1.165, 1.54) is 41.3 Å². The number of carbonyl (C=O) groups is 3. The van der Waals surface area contributed by atoms with Crippen LogP contribution in [0.2, 0.25) is 0 Å². The largest absolute Gasteiger partial charge is 0.478 e. The predicted molar refractivity (Wildman–Crippen MR) is 117 cm³/mol. The number of sulfone groups is 1. The van der Waals surface area contributed by atoms with Gasteiger partial charge in [-0.1, -0.05) is 12.1 Å². The van der Waals surface area contributed by atoms with E-state index in [0.29, 0.717) is 12.0 Å². The van der Waals surface area contributed by atoms with Gasteiger partial charge in [-0.15, -0.1) is 0 Å². The number of carboxylic acid groups (broad SMARTS) is 1. The molecule has 1 fully saturated rings. The molecule has 0 saturated carbocycles. The van der Waals surface area contributed by atoms with Crippen molar-refractivity contribution in [3.8, 4) is 0 Å². The number of hydrogen-bond donors (Lipinski definition) is 1. The molecule has 2 heterocycles.